The van der Waals surface area contributed by atoms with E-state index in [1.54, 1.807) is 31.4 Å². The van der Waals surface area contributed by atoms with Crippen molar-refractivity contribution in [2.75, 3.05) is 25.5 Å². The normalized spacial score (nSPS) is 14.0. The molecule has 1 saturated heterocycles. The third-order valence-corrected chi connectivity index (χ3v) is 5.73. The molecule has 2 N–H and O–H groups in total. The van der Waals surface area contributed by atoms with Gasteiger partial charge in [-0.2, -0.15) is 5.26 Å². The topological polar surface area (TPSA) is 94.0 Å². The van der Waals surface area contributed by atoms with Crippen molar-refractivity contribution in [3.8, 4) is 23.1 Å². The van der Waals surface area contributed by atoms with E-state index in [9.17, 15) is 10.1 Å². The van der Waals surface area contributed by atoms with E-state index in [1.165, 1.54) is 37.9 Å². The molecule has 32 heavy (non-hydrogen) atoms. The number of nitrogens with zero attached hydrogens (tertiary/aromatic N) is 3. The Kier molecular flexibility index (Phi) is 6.83. The smallest absolute Gasteiger partial charge is 0.270 e. The molecule has 7 nitrogen and oxygen atoms in total. The molecule has 0 aliphatic carbocycles. The Morgan fingerprint density at radius 2 is 1.75 bits per heavy atom. The number of methoxy groups -OCH3 is 1. The Labute approximate surface area is 187 Å². The van der Waals surface area contributed by atoms with E-state index < -0.39 is 5.56 Å². The first kappa shape index (κ1) is 21.6. The zero-order chi connectivity index (χ0) is 22.3. The van der Waals surface area contributed by atoms with E-state index in [0.717, 1.165) is 12.1 Å². The van der Waals surface area contributed by atoms with Gasteiger partial charge in [-0.15, -0.1) is 0 Å². The third-order valence-electron chi connectivity index (χ3n) is 5.73. The summed E-state index contributed by atoms with van der Waals surface area (Å²) in [7, 11) is 1.59. The molecule has 0 radical (unpaired) electrons. The quantitative estimate of drug-likeness (QED) is 0.591. The summed E-state index contributed by atoms with van der Waals surface area (Å²) in [6.07, 6.45) is 3.92. The fourth-order valence-electron chi connectivity index (χ4n) is 3.94. The molecule has 4 rings (SSSR count). The fraction of sp³-hybridized carbons (Fsp3) is 0.320. The molecule has 0 atom stereocenters. The van der Waals surface area contributed by atoms with Gasteiger partial charge in [-0.3, -0.25) is 14.7 Å². The summed E-state index contributed by atoms with van der Waals surface area (Å²) >= 11 is 0. The highest BCUT2D eigenvalue weighted by Gasteiger charge is 2.14. The second-order valence-electron chi connectivity index (χ2n) is 7.99. The monoisotopic (exact) mass is 429 g/mol. The van der Waals surface area contributed by atoms with Crippen LogP contribution in [0.3, 0.4) is 0 Å². The number of aromatic amines is 1. The van der Waals surface area contributed by atoms with E-state index in [1.807, 2.05) is 6.07 Å². The third kappa shape index (κ3) is 5.16. The molecule has 164 valence electrons. The molecule has 0 spiro atoms. The minimum absolute atomic E-state index is 0.0113. The number of likely N-dealkylation sites (tertiary alicyclic amines) is 1. The molecule has 2 heterocycles. The number of hydrogen-bond acceptors (Lipinski definition) is 6. The first-order chi connectivity index (χ1) is 15.7. The number of nitrogens with one attached hydrogen (secondary N) is 2. The average Bonchev–Trinajstić information content (AvgIpc) is 2.84. The highest BCUT2D eigenvalue weighted by Crippen LogP contribution is 2.23. The number of anilines is 1. The van der Waals surface area contributed by atoms with Crippen molar-refractivity contribution in [3.05, 3.63) is 75.6 Å². The number of H-pyrrole nitrogens is 1. The van der Waals surface area contributed by atoms with Gasteiger partial charge in [0.15, 0.2) is 0 Å². The van der Waals surface area contributed by atoms with Gasteiger partial charge < -0.3 is 10.1 Å². The van der Waals surface area contributed by atoms with Crippen LogP contribution in [-0.2, 0) is 13.1 Å². The maximum absolute atomic E-state index is 12.4. The molecule has 0 unspecified atom stereocenters. The maximum atomic E-state index is 12.4. The molecule has 1 aliphatic rings. The fourth-order valence-corrected chi connectivity index (χ4v) is 3.94. The van der Waals surface area contributed by atoms with E-state index in [4.69, 9.17) is 4.74 Å². The number of piperidine rings is 1. The van der Waals surface area contributed by atoms with Gasteiger partial charge in [0.05, 0.1) is 12.8 Å². The van der Waals surface area contributed by atoms with Gasteiger partial charge in [0.2, 0.25) is 5.95 Å². The van der Waals surface area contributed by atoms with Gasteiger partial charge in [0.1, 0.15) is 17.4 Å². The van der Waals surface area contributed by atoms with Crippen LogP contribution in [0.4, 0.5) is 5.95 Å². The summed E-state index contributed by atoms with van der Waals surface area (Å²) < 4.78 is 5.18. The standard InChI is InChI=1S/C25H27N5O2/c1-32-21-11-9-20(10-12-21)23-22(15-26)24(31)29-25(28-23)27-16-18-5-7-19(8-6-18)17-30-13-3-2-4-14-30/h5-12H,2-4,13-14,16-17H2,1H3,(H2,27,28,29,31). The Hall–Kier alpha value is -3.63. The van der Waals surface area contributed by atoms with Crippen LogP contribution in [0.15, 0.2) is 53.3 Å². The molecule has 0 amide bonds. The molecule has 3 aromatic rings. The number of ether oxygens (including phenoxy) is 1. The lowest BCUT2D eigenvalue weighted by Crippen LogP contribution is -2.29. The number of rotatable bonds is 7. The molecule has 0 saturated carbocycles. The molecular formula is C25H27N5O2. The van der Waals surface area contributed by atoms with E-state index in [2.05, 4.69) is 44.5 Å². The summed E-state index contributed by atoms with van der Waals surface area (Å²) in [5.41, 5.74) is 2.94. The van der Waals surface area contributed by atoms with Gasteiger partial charge in [0, 0.05) is 18.7 Å². The number of hydrogen-bond donors (Lipinski definition) is 2. The number of benzene rings is 2. The Bertz CT molecular complexity index is 1140. The molecule has 1 aromatic heterocycles. The molecule has 1 fully saturated rings. The molecule has 7 heteroatoms. The summed E-state index contributed by atoms with van der Waals surface area (Å²) in [4.78, 5) is 22.1. The number of nitriles is 1. The molecule has 1 aliphatic heterocycles. The molecule has 0 bridgehead atoms. The Morgan fingerprint density at radius 3 is 2.41 bits per heavy atom. The van der Waals surface area contributed by atoms with Crippen LogP contribution in [0.2, 0.25) is 0 Å². The Morgan fingerprint density at radius 1 is 1.06 bits per heavy atom. The lowest BCUT2D eigenvalue weighted by atomic mass is 10.1. The van der Waals surface area contributed by atoms with Crippen LogP contribution in [-0.4, -0.2) is 35.1 Å². The zero-order valence-electron chi connectivity index (χ0n) is 18.2. The summed E-state index contributed by atoms with van der Waals surface area (Å²) in [6.45, 7) is 3.86. The molecule has 2 aromatic carbocycles. The highest BCUT2D eigenvalue weighted by atomic mass is 16.5. The van der Waals surface area contributed by atoms with Crippen LogP contribution in [0.5, 0.6) is 5.75 Å². The number of aromatic nitrogens is 2. The van der Waals surface area contributed by atoms with Gasteiger partial charge in [-0.05, 0) is 61.3 Å². The minimum atomic E-state index is -0.465. The van der Waals surface area contributed by atoms with Crippen molar-refractivity contribution in [1.29, 1.82) is 5.26 Å². The van der Waals surface area contributed by atoms with Crippen molar-refractivity contribution >= 4 is 5.95 Å². The van der Waals surface area contributed by atoms with Crippen LogP contribution in [0, 0.1) is 11.3 Å². The summed E-state index contributed by atoms with van der Waals surface area (Å²) in [5.74, 6) is 1.02. The van der Waals surface area contributed by atoms with Crippen molar-refractivity contribution < 1.29 is 4.74 Å². The predicted octanol–water partition coefficient (Wildman–Crippen LogP) is 3.92. The second-order valence-corrected chi connectivity index (χ2v) is 7.99. The lowest BCUT2D eigenvalue weighted by molar-refractivity contribution is 0.221. The second kappa shape index (κ2) is 10.1. The first-order valence-electron chi connectivity index (χ1n) is 10.9. The van der Waals surface area contributed by atoms with Crippen LogP contribution in [0.25, 0.3) is 11.3 Å². The van der Waals surface area contributed by atoms with Crippen LogP contribution < -0.4 is 15.6 Å². The van der Waals surface area contributed by atoms with E-state index >= 15 is 0 Å². The van der Waals surface area contributed by atoms with Gasteiger partial charge >= 0.3 is 0 Å². The predicted molar refractivity (Wildman–Crippen MR) is 124 cm³/mol. The van der Waals surface area contributed by atoms with Crippen molar-refractivity contribution in [1.82, 2.24) is 14.9 Å². The van der Waals surface area contributed by atoms with Gasteiger partial charge in [-0.25, -0.2) is 4.98 Å². The van der Waals surface area contributed by atoms with E-state index in [-0.39, 0.29) is 5.56 Å². The SMILES string of the molecule is COc1ccc(-c2nc(NCc3ccc(CN4CCCCC4)cc3)[nH]c(=O)c2C#N)cc1. The van der Waals surface area contributed by atoms with Crippen molar-refractivity contribution in [3.63, 3.8) is 0 Å². The maximum Gasteiger partial charge on any atom is 0.270 e. The van der Waals surface area contributed by atoms with Gasteiger partial charge in [-0.1, -0.05) is 30.7 Å². The summed E-state index contributed by atoms with van der Waals surface area (Å²) in [6, 6.07) is 17.6. The summed E-state index contributed by atoms with van der Waals surface area (Å²) in [5, 5.41) is 12.6. The minimum Gasteiger partial charge on any atom is -0.497 e. The van der Waals surface area contributed by atoms with E-state index in [0.29, 0.717) is 29.5 Å². The van der Waals surface area contributed by atoms with Gasteiger partial charge in [0.25, 0.3) is 5.56 Å². The largest absolute Gasteiger partial charge is 0.497 e. The van der Waals surface area contributed by atoms with Crippen LogP contribution >= 0.6 is 0 Å². The lowest BCUT2D eigenvalue weighted by Gasteiger charge is -2.26. The average molecular weight is 430 g/mol. The Balaban J connectivity index is 1.46. The zero-order valence-corrected chi connectivity index (χ0v) is 18.2. The van der Waals surface area contributed by atoms with Crippen molar-refractivity contribution in [2.24, 2.45) is 0 Å². The molecular weight excluding hydrogens is 402 g/mol. The van der Waals surface area contributed by atoms with Crippen LogP contribution in [0.1, 0.15) is 36.0 Å². The first-order valence-corrected chi connectivity index (χ1v) is 10.9. The highest BCUT2D eigenvalue weighted by molar-refractivity contribution is 5.67. The van der Waals surface area contributed by atoms with Crippen molar-refractivity contribution in [2.45, 2.75) is 32.4 Å².